The van der Waals surface area contributed by atoms with Crippen molar-refractivity contribution in [1.82, 2.24) is 0 Å². The van der Waals surface area contributed by atoms with Crippen LogP contribution >= 0.6 is 11.6 Å². The largest absolute Gasteiger partial charge is 0.507 e. The van der Waals surface area contributed by atoms with E-state index in [2.05, 4.69) is 0 Å². The third-order valence-electron chi connectivity index (χ3n) is 5.42. The van der Waals surface area contributed by atoms with Gasteiger partial charge in [-0.1, -0.05) is 35.9 Å². The van der Waals surface area contributed by atoms with E-state index in [4.69, 9.17) is 21.1 Å². The molecule has 168 valence electrons. The lowest BCUT2D eigenvalue weighted by molar-refractivity contribution is -0.132. The summed E-state index contributed by atoms with van der Waals surface area (Å²) < 4.78 is 10.5. The third kappa shape index (κ3) is 3.87. The van der Waals surface area contributed by atoms with E-state index in [1.54, 1.807) is 48.5 Å². The van der Waals surface area contributed by atoms with Gasteiger partial charge < -0.3 is 19.7 Å². The minimum absolute atomic E-state index is 0.0530. The third-order valence-corrected chi connectivity index (χ3v) is 5.73. The zero-order valence-electron chi connectivity index (χ0n) is 17.8. The van der Waals surface area contributed by atoms with Gasteiger partial charge in [-0.2, -0.15) is 0 Å². The summed E-state index contributed by atoms with van der Waals surface area (Å²) in [6.45, 7) is 0. The second-order valence-electron chi connectivity index (χ2n) is 7.29. The number of benzene rings is 3. The number of hydrogen-bond acceptors (Lipinski definition) is 6. The number of halogens is 1. The zero-order chi connectivity index (χ0) is 23.7. The van der Waals surface area contributed by atoms with Gasteiger partial charge in [-0.3, -0.25) is 14.5 Å². The van der Waals surface area contributed by atoms with Gasteiger partial charge in [0.1, 0.15) is 11.5 Å². The van der Waals surface area contributed by atoms with Crippen molar-refractivity contribution in [2.45, 2.75) is 6.04 Å². The Balaban J connectivity index is 1.95. The van der Waals surface area contributed by atoms with E-state index in [1.807, 2.05) is 0 Å². The van der Waals surface area contributed by atoms with Crippen molar-refractivity contribution in [3.8, 4) is 17.2 Å². The van der Waals surface area contributed by atoms with Gasteiger partial charge in [-0.15, -0.1) is 0 Å². The van der Waals surface area contributed by atoms with Crippen LogP contribution in [0, 0.1) is 0 Å². The molecule has 0 saturated carbocycles. The van der Waals surface area contributed by atoms with Crippen LogP contribution < -0.4 is 14.4 Å². The molecule has 3 aromatic carbocycles. The lowest BCUT2D eigenvalue weighted by atomic mass is 9.95. The fraction of sp³-hybridized carbons (Fsp3) is 0.120. The Morgan fingerprint density at radius 3 is 2.27 bits per heavy atom. The van der Waals surface area contributed by atoms with Crippen LogP contribution in [0.2, 0.25) is 5.02 Å². The van der Waals surface area contributed by atoms with Crippen LogP contribution in [0.15, 0.2) is 72.3 Å². The number of nitrogens with zero attached hydrogens (tertiary/aromatic N) is 1. The number of aliphatic hydroxyl groups is 1. The predicted molar refractivity (Wildman–Crippen MR) is 124 cm³/mol. The van der Waals surface area contributed by atoms with Crippen molar-refractivity contribution in [2.75, 3.05) is 19.1 Å². The highest BCUT2D eigenvalue weighted by Crippen LogP contribution is 2.44. The van der Waals surface area contributed by atoms with E-state index in [9.17, 15) is 19.8 Å². The molecule has 0 bridgehead atoms. The first-order valence-electron chi connectivity index (χ1n) is 9.94. The number of ketones is 1. The normalized spacial score (nSPS) is 17.3. The summed E-state index contributed by atoms with van der Waals surface area (Å²) >= 11 is 6.13. The summed E-state index contributed by atoms with van der Waals surface area (Å²) in [6.07, 6.45) is 0. The lowest BCUT2D eigenvalue weighted by Gasteiger charge is -2.25. The van der Waals surface area contributed by atoms with E-state index in [0.717, 1.165) is 0 Å². The number of anilines is 1. The minimum Gasteiger partial charge on any atom is -0.507 e. The maximum absolute atomic E-state index is 13.2. The Hall–Kier alpha value is -3.97. The molecule has 0 aliphatic carbocycles. The Morgan fingerprint density at radius 2 is 1.64 bits per heavy atom. The fourth-order valence-electron chi connectivity index (χ4n) is 3.84. The van der Waals surface area contributed by atoms with Gasteiger partial charge >= 0.3 is 0 Å². The number of ether oxygens (including phenoxy) is 2. The second-order valence-corrected chi connectivity index (χ2v) is 7.69. The summed E-state index contributed by atoms with van der Waals surface area (Å²) in [5.41, 5.74) is 1.08. The first kappa shape index (κ1) is 22.2. The number of hydrogen-bond donors (Lipinski definition) is 2. The Labute approximate surface area is 195 Å². The average Bonchev–Trinajstić information content (AvgIpc) is 3.10. The molecule has 1 amide bonds. The van der Waals surface area contributed by atoms with Gasteiger partial charge in [0.25, 0.3) is 11.7 Å². The maximum atomic E-state index is 13.2. The predicted octanol–water partition coefficient (Wildman–Crippen LogP) is 4.69. The number of carbonyl (C=O) groups is 2. The molecule has 7 nitrogen and oxygen atoms in total. The second kappa shape index (κ2) is 8.88. The van der Waals surface area contributed by atoms with Gasteiger partial charge in [0.15, 0.2) is 11.5 Å². The van der Waals surface area contributed by atoms with E-state index in [0.29, 0.717) is 22.7 Å². The summed E-state index contributed by atoms with van der Waals surface area (Å²) in [4.78, 5) is 27.6. The fourth-order valence-corrected chi connectivity index (χ4v) is 4.02. The van der Waals surface area contributed by atoms with Gasteiger partial charge in [-0.05, 0) is 48.0 Å². The monoisotopic (exact) mass is 465 g/mol. The summed E-state index contributed by atoms with van der Waals surface area (Å²) in [6, 6.07) is 16.7. The molecule has 0 aromatic heterocycles. The molecule has 1 unspecified atom stereocenters. The molecule has 8 heteroatoms. The molecule has 3 aromatic rings. The molecular formula is C25H20ClNO6. The summed E-state index contributed by atoms with van der Waals surface area (Å²) in [5.74, 6) is -1.36. The molecule has 0 radical (unpaired) electrons. The van der Waals surface area contributed by atoms with Gasteiger partial charge in [0.05, 0.1) is 30.9 Å². The molecule has 1 aliphatic heterocycles. The Morgan fingerprint density at radius 1 is 0.939 bits per heavy atom. The first-order chi connectivity index (χ1) is 15.9. The van der Waals surface area contributed by atoms with E-state index < -0.39 is 17.7 Å². The number of phenols is 1. The number of aliphatic hydroxyl groups excluding tert-OH is 1. The summed E-state index contributed by atoms with van der Waals surface area (Å²) in [5, 5.41) is 21.1. The molecule has 33 heavy (non-hydrogen) atoms. The van der Waals surface area contributed by atoms with Crippen molar-refractivity contribution < 1.29 is 29.3 Å². The number of phenolic OH excluding ortho intramolecular Hbond substituents is 1. The number of carbonyl (C=O) groups excluding carboxylic acids is 2. The van der Waals surface area contributed by atoms with Gasteiger partial charge in [-0.25, -0.2) is 0 Å². The minimum atomic E-state index is -0.974. The van der Waals surface area contributed by atoms with Crippen molar-refractivity contribution in [3.63, 3.8) is 0 Å². The highest BCUT2D eigenvalue weighted by molar-refractivity contribution is 6.51. The number of Topliss-reactive ketones (excluding diaryl/α,β-unsaturated/α-hetero) is 1. The van der Waals surface area contributed by atoms with Crippen molar-refractivity contribution in [3.05, 3.63) is 88.5 Å². The molecule has 4 rings (SSSR count). The molecule has 1 atom stereocenters. The van der Waals surface area contributed by atoms with Gasteiger partial charge in [0.2, 0.25) is 0 Å². The molecule has 1 aliphatic rings. The van der Waals surface area contributed by atoms with E-state index in [1.165, 1.54) is 37.3 Å². The number of aromatic hydroxyl groups is 1. The zero-order valence-corrected chi connectivity index (χ0v) is 18.5. The smallest absolute Gasteiger partial charge is 0.300 e. The number of methoxy groups -OCH3 is 2. The van der Waals surface area contributed by atoms with Crippen molar-refractivity contribution in [1.29, 1.82) is 0 Å². The lowest BCUT2D eigenvalue weighted by Crippen LogP contribution is -2.29. The van der Waals surface area contributed by atoms with Crippen molar-refractivity contribution >= 4 is 34.7 Å². The standard InChI is InChI=1S/C25H20ClNO6/c1-32-19-11-9-15(13-20(19)33-2)23(29)21-22(14-8-10-18(28)17(26)12-14)27(25(31)24(21)30)16-6-4-3-5-7-16/h3-13,22,28-29H,1-2H3/b23-21-. The van der Waals surface area contributed by atoms with Crippen LogP contribution in [0.25, 0.3) is 5.76 Å². The highest BCUT2D eigenvalue weighted by Gasteiger charge is 2.47. The molecular weight excluding hydrogens is 446 g/mol. The van der Waals surface area contributed by atoms with Crippen LogP contribution in [-0.4, -0.2) is 36.1 Å². The first-order valence-corrected chi connectivity index (χ1v) is 10.3. The van der Waals surface area contributed by atoms with Crippen LogP contribution in [0.3, 0.4) is 0 Å². The van der Waals surface area contributed by atoms with E-state index in [-0.39, 0.29) is 27.7 Å². The highest BCUT2D eigenvalue weighted by atomic mass is 35.5. The molecule has 1 saturated heterocycles. The molecule has 1 fully saturated rings. The SMILES string of the molecule is COc1ccc(/C(O)=C2/C(=O)C(=O)N(c3ccccc3)C2c2ccc(O)c(Cl)c2)cc1OC. The maximum Gasteiger partial charge on any atom is 0.300 e. The molecule has 2 N–H and O–H groups in total. The van der Waals surface area contributed by atoms with Crippen LogP contribution in [0.4, 0.5) is 5.69 Å². The average molecular weight is 466 g/mol. The van der Waals surface area contributed by atoms with Crippen LogP contribution in [0.1, 0.15) is 17.2 Å². The van der Waals surface area contributed by atoms with Crippen LogP contribution in [0.5, 0.6) is 17.2 Å². The molecule has 1 heterocycles. The Bertz CT molecular complexity index is 1270. The van der Waals surface area contributed by atoms with Crippen molar-refractivity contribution in [2.24, 2.45) is 0 Å². The quantitative estimate of drug-likeness (QED) is 0.322. The van der Waals surface area contributed by atoms with Crippen LogP contribution in [-0.2, 0) is 9.59 Å². The number of rotatable bonds is 5. The number of amides is 1. The topological polar surface area (TPSA) is 96.3 Å². The Kier molecular flexibility index (Phi) is 5.98. The molecule has 0 spiro atoms. The van der Waals surface area contributed by atoms with E-state index >= 15 is 0 Å². The van der Waals surface area contributed by atoms with Gasteiger partial charge in [0, 0.05) is 11.3 Å². The summed E-state index contributed by atoms with van der Waals surface area (Å²) in [7, 11) is 2.94. The number of para-hydroxylation sites is 1.